The first-order chi connectivity index (χ1) is 7.06. The third-order valence-electron chi connectivity index (χ3n) is 1.52. The third-order valence-corrected chi connectivity index (χ3v) is 1.52. The number of azide groups is 1. The number of nitrogens with zero attached hydrogens (tertiary/aromatic N) is 5. The van der Waals surface area contributed by atoms with Crippen LogP contribution >= 0.6 is 0 Å². The van der Waals surface area contributed by atoms with Gasteiger partial charge in [0.1, 0.15) is 5.69 Å². The van der Waals surface area contributed by atoms with Gasteiger partial charge in [0.25, 0.3) is 11.4 Å². The van der Waals surface area contributed by atoms with Crippen LogP contribution in [0.5, 0.6) is 0 Å². The standard InChI is InChI=1S/C6H3N5O4/c7-9-8-5-2-1-4(10(12)13)3-6(5)11(14)15/h1-3H. The predicted molar refractivity (Wildman–Crippen MR) is 48.6 cm³/mol. The molecular weight excluding hydrogens is 206 g/mol. The van der Waals surface area contributed by atoms with E-state index in [1.54, 1.807) is 0 Å². The van der Waals surface area contributed by atoms with Crippen molar-refractivity contribution in [1.82, 2.24) is 0 Å². The van der Waals surface area contributed by atoms with Crippen molar-refractivity contribution in [2.45, 2.75) is 0 Å². The lowest BCUT2D eigenvalue weighted by Gasteiger charge is -1.95. The molecule has 0 unspecified atom stereocenters. The average molecular weight is 209 g/mol. The summed E-state index contributed by atoms with van der Waals surface area (Å²) in [6.07, 6.45) is 0. The van der Waals surface area contributed by atoms with E-state index in [4.69, 9.17) is 5.53 Å². The maximum atomic E-state index is 10.5. The SMILES string of the molecule is [N-]=[N+]=Nc1ccc([N+](=O)[O-])cc1[N+](=O)[O-]. The molecule has 0 fully saturated rings. The fourth-order valence-electron chi connectivity index (χ4n) is 0.904. The second-order valence-electron chi connectivity index (χ2n) is 2.38. The molecule has 1 aromatic rings. The maximum absolute atomic E-state index is 10.5. The lowest BCUT2D eigenvalue weighted by molar-refractivity contribution is -0.393. The van der Waals surface area contributed by atoms with Gasteiger partial charge < -0.3 is 0 Å². The topological polar surface area (TPSA) is 135 Å². The summed E-state index contributed by atoms with van der Waals surface area (Å²) < 4.78 is 0. The van der Waals surface area contributed by atoms with Crippen LogP contribution in [0.3, 0.4) is 0 Å². The maximum Gasteiger partial charge on any atom is 0.285 e. The van der Waals surface area contributed by atoms with Gasteiger partial charge in [-0.2, -0.15) is 0 Å². The minimum absolute atomic E-state index is 0.256. The molecule has 0 radical (unpaired) electrons. The molecule has 76 valence electrons. The summed E-state index contributed by atoms with van der Waals surface area (Å²) in [7, 11) is 0. The van der Waals surface area contributed by atoms with E-state index in [-0.39, 0.29) is 5.69 Å². The van der Waals surface area contributed by atoms with E-state index in [0.717, 1.165) is 18.2 Å². The Morgan fingerprint density at radius 3 is 2.40 bits per heavy atom. The molecule has 0 saturated carbocycles. The number of non-ortho nitro benzene ring substituents is 1. The van der Waals surface area contributed by atoms with Crippen LogP contribution in [-0.4, -0.2) is 9.85 Å². The zero-order chi connectivity index (χ0) is 11.4. The molecule has 0 aliphatic carbocycles. The minimum atomic E-state index is -0.850. The molecule has 1 aromatic carbocycles. The van der Waals surface area contributed by atoms with Crippen LogP contribution in [0.15, 0.2) is 23.3 Å². The Labute approximate surface area is 81.9 Å². The molecule has 1 rings (SSSR count). The second kappa shape index (κ2) is 4.03. The normalized spacial score (nSPS) is 9.07. The van der Waals surface area contributed by atoms with Crippen molar-refractivity contribution in [3.05, 3.63) is 48.9 Å². The molecule has 0 N–H and O–H groups in total. The Balaban J connectivity index is 3.39. The Bertz CT molecular complexity index is 478. The van der Waals surface area contributed by atoms with Crippen LogP contribution in [0.2, 0.25) is 0 Å². The first-order valence-corrected chi connectivity index (χ1v) is 3.54. The highest BCUT2D eigenvalue weighted by atomic mass is 16.6. The molecule has 0 spiro atoms. The molecule has 0 heterocycles. The molecule has 0 aromatic heterocycles. The van der Waals surface area contributed by atoms with Gasteiger partial charge in [-0.3, -0.25) is 20.2 Å². The van der Waals surface area contributed by atoms with Gasteiger partial charge >= 0.3 is 0 Å². The van der Waals surface area contributed by atoms with Crippen molar-refractivity contribution < 1.29 is 9.85 Å². The van der Waals surface area contributed by atoms with E-state index in [0.29, 0.717) is 0 Å². The van der Waals surface area contributed by atoms with E-state index >= 15 is 0 Å². The molecule has 0 aliphatic rings. The Kier molecular flexibility index (Phi) is 2.79. The zero-order valence-corrected chi connectivity index (χ0v) is 7.10. The number of nitro benzene ring substituents is 2. The van der Waals surface area contributed by atoms with Crippen LogP contribution in [-0.2, 0) is 0 Å². The van der Waals surface area contributed by atoms with E-state index in [1.807, 2.05) is 0 Å². The number of benzene rings is 1. The molecule has 0 aliphatic heterocycles. The monoisotopic (exact) mass is 209 g/mol. The van der Waals surface area contributed by atoms with Crippen LogP contribution < -0.4 is 0 Å². The van der Waals surface area contributed by atoms with Crippen LogP contribution in [0.1, 0.15) is 0 Å². The largest absolute Gasteiger partial charge is 0.285 e. The molecule has 15 heavy (non-hydrogen) atoms. The summed E-state index contributed by atoms with van der Waals surface area (Å²) in [5, 5.41) is 23.8. The summed E-state index contributed by atoms with van der Waals surface area (Å²) in [6.45, 7) is 0. The van der Waals surface area contributed by atoms with Crippen LogP contribution in [0, 0.1) is 20.2 Å². The van der Waals surface area contributed by atoms with Crippen molar-refractivity contribution in [2.24, 2.45) is 5.11 Å². The number of hydrogen-bond donors (Lipinski definition) is 0. The Morgan fingerprint density at radius 1 is 1.27 bits per heavy atom. The average Bonchev–Trinajstić information content (AvgIpc) is 2.18. The summed E-state index contributed by atoms with van der Waals surface area (Å²) >= 11 is 0. The Hall–Kier alpha value is -2.67. The number of rotatable bonds is 3. The number of nitro groups is 2. The van der Waals surface area contributed by atoms with Crippen LogP contribution in [0.25, 0.3) is 10.4 Å². The molecular formula is C6H3N5O4. The van der Waals surface area contributed by atoms with Crippen molar-refractivity contribution in [3.8, 4) is 0 Å². The van der Waals surface area contributed by atoms with Gasteiger partial charge in [0, 0.05) is 11.0 Å². The first-order valence-electron chi connectivity index (χ1n) is 3.54. The summed E-state index contributed by atoms with van der Waals surface area (Å²) in [5.74, 6) is 0. The van der Waals surface area contributed by atoms with Gasteiger partial charge in [0.2, 0.25) is 0 Å². The fraction of sp³-hybridized carbons (Fsp3) is 0. The molecule has 0 bridgehead atoms. The van der Waals surface area contributed by atoms with E-state index in [9.17, 15) is 20.2 Å². The zero-order valence-electron chi connectivity index (χ0n) is 7.10. The fourth-order valence-corrected chi connectivity index (χ4v) is 0.904. The van der Waals surface area contributed by atoms with Crippen molar-refractivity contribution in [3.63, 3.8) is 0 Å². The summed E-state index contributed by atoms with van der Waals surface area (Å²) in [5.41, 5.74) is 6.82. The quantitative estimate of drug-likeness (QED) is 0.248. The van der Waals surface area contributed by atoms with Gasteiger partial charge in [-0.15, -0.1) is 0 Å². The minimum Gasteiger partial charge on any atom is -0.258 e. The summed E-state index contributed by atoms with van der Waals surface area (Å²) in [4.78, 5) is 21.5. The van der Waals surface area contributed by atoms with E-state index < -0.39 is 21.2 Å². The van der Waals surface area contributed by atoms with Crippen molar-refractivity contribution in [2.75, 3.05) is 0 Å². The molecule has 9 nitrogen and oxygen atoms in total. The lowest BCUT2D eigenvalue weighted by Crippen LogP contribution is -1.92. The highest BCUT2D eigenvalue weighted by Gasteiger charge is 2.17. The highest BCUT2D eigenvalue weighted by molar-refractivity contribution is 5.61. The van der Waals surface area contributed by atoms with Gasteiger partial charge in [-0.05, 0) is 11.6 Å². The van der Waals surface area contributed by atoms with E-state index in [2.05, 4.69) is 10.0 Å². The van der Waals surface area contributed by atoms with Gasteiger partial charge in [0.15, 0.2) is 0 Å². The lowest BCUT2D eigenvalue weighted by atomic mass is 10.2. The first kappa shape index (κ1) is 10.4. The van der Waals surface area contributed by atoms with Crippen LogP contribution in [0.4, 0.5) is 17.1 Å². The van der Waals surface area contributed by atoms with Crippen molar-refractivity contribution >= 4 is 17.1 Å². The molecule has 9 heteroatoms. The highest BCUT2D eigenvalue weighted by Crippen LogP contribution is 2.31. The molecule has 0 saturated heterocycles. The third kappa shape index (κ3) is 2.17. The predicted octanol–water partition coefficient (Wildman–Crippen LogP) is 2.44. The molecule has 0 amide bonds. The van der Waals surface area contributed by atoms with Gasteiger partial charge in [0.05, 0.1) is 15.9 Å². The van der Waals surface area contributed by atoms with E-state index in [1.165, 1.54) is 0 Å². The summed E-state index contributed by atoms with van der Waals surface area (Å²) in [6, 6.07) is 2.79. The second-order valence-corrected chi connectivity index (χ2v) is 2.38. The molecule has 0 atom stereocenters. The van der Waals surface area contributed by atoms with Gasteiger partial charge in [-0.25, -0.2) is 0 Å². The van der Waals surface area contributed by atoms with Crippen molar-refractivity contribution in [1.29, 1.82) is 0 Å². The smallest absolute Gasteiger partial charge is 0.258 e. The Morgan fingerprint density at radius 2 is 1.93 bits per heavy atom. The van der Waals surface area contributed by atoms with Gasteiger partial charge in [-0.1, -0.05) is 5.11 Å². The number of hydrogen-bond acceptors (Lipinski definition) is 5.